The van der Waals surface area contributed by atoms with Gasteiger partial charge in [-0.2, -0.15) is 0 Å². The van der Waals surface area contributed by atoms with Crippen LogP contribution in [-0.4, -0.2) is 59.9 Å². The molecule has 34 heavy (non-hydrogen) atoms. The Bertz CT molecular complexity index is 1170. The number of alkyl halides is 1. The largest absolute Gasteiger partial charge is 0.372 e. The average molecular weight is 462 g/mol. The van der Waals surface area contributed by atoms with Gasteiger partial charge in [0.05, 0.1) is 17.6 Å². The highest BCUT2D eigenvalue weighted by Gasteiger charge is 2.31. The molecule has 5 rings (SSSR count). The number of rotatable bonds is 3. The lowest BCUT2D eigenvalue weighted by Crippen LogP contribution is -2.42. The Labute approximate surface area is 198 Å². The van der Waals surface area contributed by atoms with Gasteiger partial charge in [0, 0.05) is 56.4 Å². The highest BCUT2D eigenvalue weighted by molar-refractivity contribution is 6.03. The molecule has 0 unspecified atom stereocenters. The molecule has 0 saturated carbocycles. The summed E-state index contributed by atoms with van der Waals surface area (Å²) in [4.78, 5) is 32.4. The van der Waals surface area contributed by atoms with Crippen LogP contribution >= 0.6 is 0 Å². The summed E-state index contributed by atoms with van der Waals surface area (Å²) in [5.41, 5.74) is 3.56. The minimum absolute atomic E-state index is 0.0689. The molecule has 2 amide bonds. The van der Waals surface area contributed by atoms with Gasteiger partial charge in [-0.25, -0.2) is 19.2 Å². The van der Waals surface area contributed by atoms with Crippen LogP contribution in [0.15, 0.2) is 55.0 Å². The zero-order chi connectivity index (χ0) is 23.7. The van der Waals surface area contributed by atoms with E-state index < -0.39 is 6.17 Å². The van der Waals surface area contributed by atoms with Crippen LogP contribution in [0.25, 0.3) is 11.3 Å². The number of hydrogen-bond donors (Lipinski definition) is 1. The van der Waals surface area contributed by atoms with E-state index in [9.17, 15) is 9.18 Å². The quantitative estimate of drug-likeness (QED) is 0.625. The molecule has 2 atom stereocenters. The third kappa shape index (κ3) is 4.37. The zero-order valence-corrected chi connectivity index (χ0v) is 19.4. The Morgan fingerprint density at radius 2 is 2.03 bits per heavy atom. The van der Waals surface area contributed by atoms with Crippen molar-refractivity contribution in [2.75, 3.05) is 46.7 Å². The number of anilines is 4. The van der Waals surface area contributed by atoms with E-state index in [4.69, 9.17) is 4.98 Å². The first-order valence-corrected chi connectivity index (χ1v) is 11.6. The highest BCUT2D eigenvalue weighted by atomic mass is 19.1. The number of fused-ring (bicyclic) bond motifs is 1. The fourth-order valence-electron chi connectivity index (χ4n) is 4.56. The molecule has 2 aromatic heterocycles. The van der Waals surface area contributed by atoms with Gasteiger partial charge in [-0.05, 0) is 44.0 Å². The van der Waals surface area contributed by atoms with Crippen LogP contribution in [0.5, 0.6) is 0 Å². The van der Waals surface area contributed by atoms with Gasteiger partial charge in [0.2, 0.25) is 0 Å². The molecule has 1 aromatic carbocycles. The number of nitrogens with one attached hydrogen (secondary N) is 1. The Kier molecular flexibility index (Phi) is 6.00. The Hall–Kier alpha value is -3.75. The predicted octanol–water partition coefficient (Wildman–Crippen LogP) is 4.35. The molecule has 0 radical (unpaired) electrons. The second-order valence-corrected chi connectivity index (χ2v) is 8.87. The van der Waals surface area contributed by atoms with Crippen molar-refractivity contribution in [2.24, 2.45) is 0 Å². The van der Waals surface area contributed by atoms with E-state index in [1.807, 2.05) is 50.4 Å². The molecular weight excluding hydrogens is 433 g/mol. The molecule has 1 N–H and O–H groups in total. The molecule has 2 aliphatic heterocycles. The second kappa shape index (κ2) is 9.24. The van der Waals surface area contributed by atoms with Gasteiger partial charge in [0.15, 0.2) is 11.6 Å². The van der Waals surface area contributed by atoms with Crippen molar-refractivity contribution in [2.45, 2.75) is 32.0 Å². The first-order valence-electron chi connectivity index (χ1n) is 11.6. The van der Waals surface area contributed by atoms with E-state index in [0.29, 0.717) is 31.1 Å². The van der Waals surface area contributed by atoms with Crippen LogP contribution in [0.3, 0.4) is 0 Å². The number of urea groups is 1. The summed E-state index contributed by atoms with van der Waals surface area (Å²) < 4.78 is 13.7. The summed E-state index contributed by atoms with van der Waals surface area (Å²) in [6.45, 7) is 3.95. The number of amides is 2. The van der Waals surface area contributed by atoms with Crippen molar-refractivity contribution >= 4 is 29.0 Å². The van der Waals surface area contributed by atoms with Gasteiger partial charge in [0.1, 0.15) is 6.17 Å². The standard InChI is InChI=1S/C25H28FN7O/c1-17-8-12-31(2)22-7-6-21(18-4-3-5-20(14-18)32-13-9-19(26)16-32)29-24(22)33(17)25(34)30-23-15-27-10-11-28-23/h3-7,10-11,14-15,17,19H,8-9,12-13,16H2,1-2H3,(H,28,30,34)/t17-,19-/m1/s1. The smallest absolute Gasteiger partial charge is 0.329 e. The maximum atomic E-state index is 13.7. The topological polar surface area (TPSA) is 77.5 Å². The Balaban J connectivity index is 1.51. The average Bonchev–Trinajstić information content (AvgIpc) is 3.24. The zero-order valence-electron chi connectivity index (χ0n) is 19.4. The highest BCUT2D eigenvalue weighted by Crippen LogP contribution is 2.36. The molecule has 0 bridgehead atoms. The normalized spacial score (nSPS) is 20.1. The van der Waals surface area contributed by atoms with E-state index in [-0.39, 0.29) is 12.1 Å². The summed E-state index contributed by atoms with van der Waals surface area (Å²) in [6.07, 6.45) is 5.19. The number of nitrogens with zero attached hydrogens (tertiary/aromatic N) is 6. The number of halogens is 1. The molecule has 9 heteroatoms. The van der Waals surface area contributed by atoms with Crippen molar-refractivity contribution in [3.63, 3.8) is 0 Å². The fraction of sp³-hybridized carbons (Fsp3) is 0.360. The van der Waals surface area contributed by atoms with Crippen LogP contribution < -0.4 is 20.0 Å². The summed E-state index contributed by atoms with van der Waals surface area (Å²) >= 11 is 0. The molecule has 176 valence electrons. The van der Waals surface area contributed by atoms with Gasteiger partial charge in [-0.15, -0.1) is 0 Å². The molecule has 1 saturated heterocycles. The van der Waals surface area contributed by atoms with E-state index in [1.54, 1.807) is 11.1 Å². The Morgan fingerprint density at radius 1 is 1.15 bits per heavy atom. The van der Waals surface area contributed by atoms with Crippen molar-refractivity contribution < 1.29 is 9.18 Å². The maximum Gasteiger partial charge on any atom is 0.329 e. The van der Waals surface area contributed by atoms with Gasteiger partial charge < -0.3 is 9.80 Å². The number of carbonyl (C=O) groups is 1. The second-order valence-electron chi connectivity index (χ2n) is 8.87. The van der Waals surface area contributed by atoms with Crippen molar-refractivity contribution in [3.05, 3.63) is 55.0 Å². The summed E-state index contributed by atoms with van der Waals surface area (Å²) in [5, 5.41) is 2.85. The summed E-state index contributed by atoms with van der Waals surface area (Å²) in [7, 11) is 2.01. The fourth-order valence-corrected chi connectivity index (χ4v) is 4.56. The molecule has 0 aliphatic carbocycles. The number of benzene rings is 1. The van der Waals surface area contributed by atoms with E-state index in [1.165, 1.54) is 12.4 Å². The van der Waals surface area contributed by atoms with Gasteiger partial charge in [0.25, 0.3) is 0 Å². The van der Waals surface area contributed by atoms with Crippen LogP contribution in [0.1, 0.15) is 19.8 Å². The minimum atomic E-state index is -0.785. The third-order valence-electron chi connectivity index (χ3n) is 6.47. The lowest BCUT2D eigenvalue weighted by Gasteiger charge is -2.28. The molecule has 4 heterocycles. The predicted molar refractivity (Wildman–Crippen MR) is 132 cm³/mol. The molecule has 0 spiro atoms. The lowest BCUT2D eigenvalue weighted by molar-refractivity contribution is 0.255. The number of pyridine rings is 1. The van der Waals surface area contributed by atoms with E-state index >= 15 is 0 Å². The third-order valence-corrected chi connectivity index (χ3v) is 6.47. The molecular formula is C25H28FN7O. The minimum Gasteiger partial charge on any atom is -0.372 e. The van der Waals surface area contributed by atoms with Gasteiger partial charge in [-0.1, -0.05) is 12.1 Å². The van der Waals surface area contributed by atoms with Crippen LogP contribution in [0.4, 0.5) is 32.2 Å². The van der Waals surface area contributed by atoms with Gasteiger partial charge in [-0.3, -0.25) is 15.2 Å². The van der Waals surface area contributed by atoms with Crippen LogP contribution in [-0.2, 0) is 0 Å². The van der Waals surface area contributed by atoms with Crippen molar-refractivity contribution in [3.8, 4) is 11.3 Å². The van der Waals surface area contributed by atoms with Gasteiger partial charge >= 0.3 is 6.03 Å². The number of hydrogen-bond acceptors (Lipinski definition) is 6. The molecule has 1 fully saturated rings. The maximum absolute atomic E-state index is 13.7. The van der Waals surface area contributed by atoms with Crippen molar-refractivity contribution in [1.82, 2.24) is 15.0 Å². The van der Waals surface area contributed by atoms with E-state index in [2.05, 4.69) is 25.1 Å². The SMILES string of the molecule is C[C@@H]1CCN(C)c2ccc(-c3cccc(N4CC[C@@H](F)C4)c3)nc2N1C(=O)Nc1cnccn1. The molecule has 3 aromatic rings. The van der Waals surface area contributed by atoms with E-state index in [0.717, 1.165) is 35.6 Å². The Morgan fingerprint density at radius 3 is 2.79 bits per heavy atom. The molecule has 8 nitrogen and oxygen atoms in total. The number of carbonyl (C=O) groups excluding carboxylic acids is 1. The first-order chi connectivity index (χ1) is 16.5. The van der Waals surface area contributed by atoms with Crippen LogP contribution in [0, 0.1) is 0 Å². The lowest BCUT2D eigenvalue weighted by atomic mass is 10.1. The van der Waals surface area contributed by atoms with Crippen LogP contribution in [0.2, 0.25) is 0 Å². The number of aromatic nitrogens is 3. The molecule has 2 aliphatic rings. The summed E-state index contributed by atoms with van der Waals surface area (Å²) in [5.74, 6) is 0.987. The van der Waals surface area contributed by atoms with Crippen molar-refractivity contribution in [1.29, 1.82) is 0 Å². The summed E-state index contributed by atoms with van der Waals surface area (Å²) in [6, 6.07) is 11.6. The monoisotopic (exact) mass is 461 g/mol. The first kappa shape index (κ1) is 22.1.